The molecule has 0 aliphatic heterocycles. The molecule has 0 bridgehead atoms. The van der Waals surface area contributed by atoms with Gasteiger partial charge in [0.2, 0.25) is 11.8 Å². The van der Waals surface area contributed by atoms with E-state index in [4.69, 9.17) is 23.2 Å². The molecule has 1 unspecified atom stereocenters. The van der Waals surface area contributed by atoms with E-state index in [2.05, 4.69) is 17.4 Å². The molecular weight excluding hydrogens is 439 g/mol. The van der Waals surface area contributed by atoms with Crippen molar-refractivity contribution in [3.63, 3.8) is 0 Å². The van der Waals surface area contributed by atoms with Crippen molar-refractivity contribution in [1.82, 2.24) is 10.2 Å². The summed E-state index contributed by atoms with van der Waals surface area (Å²) in [7, 11) is 0. The van der Waals surface area contributed by atoms with Gasteiger partial charge in [0, 0.05) is 28.4 Å². The predicted molar refractivity (Wildman–Crippen MR) is 127 cm³/mol. The van der Waals surface area contributed by atoms with Crippen LogP contribution in [0.5, 0.6) is 0 Å². The highest BCUT2D eigenvalue weighted by Crippen LogP contribution is 2.24. The van der Waals surface area contributed by atoms with Gasteiger partial charge in [0.15, 0.2) is 0 Å². The number of carbonyl (C=O) groups is 2. The zero-order valence-electron chi connectivity index (χ0n) is 17.7. The third kappa shape index (κ3) is 7.53. The summed E-state index contributed by atoms with van der Waals surface area (Å²) < 4.78 is 0. The fraction of sp³-hybridized carbons (Fsp3) is 0.391. The molecule has 2 amide bonds. The summed E-state index contributed by atoms with van der Waals surface area (Å²) in [5, 5.41) is 3.89. The molecule has 0 saturated heterocycles. The van der Waals surface area contributed by atoms with Crippen LogP contribution in [0.4, 0.5) is 0 Å². The Morgan fingerprint density at radius 3 is 2.47 bits per heavy atom. The topological polar surface area (TPSA) is 49.4 Å². The first-order chi connectivity index (χ1) is 14.2. The number of hydrogen-bond donors (Lipinski definition) is 1. The van der Waals surface area contributed by atoms with Crippen LogP contribution in [0.15, 0.2) is 42.5 Å². The third-order valence-corrected chi connectivity index (χ3v) is 6.11. The first-order valence-corrected chi connectivity index (χ1v) is 11.8. The summed E-state index contributed by atoms with van der Waals surface area (Å²) >= 11 is 13.8. The lowest BCUT2D eigenvalue weighted by Gasteiger charge is -2.29. The Hall–Kier alpha value is -1.69. The maximum Gasteiger partial charge on any atom is 0.242 e. The maximum absolute atomic E-state index is 13.1. The van der Waals surface area contributed by atoms with Crippen molar-refractivity contribution in [2.24, 2.45) is 0 Å². The lowest BCUT2D eigenvalue weighted by Crippen LogP contribution is -2.49. The molecule has 0 spiro atoms. The molecule has 30 heavy (non-hydrogen) atoms. The first-order valence-electron chi connectivity index (χ1n) is 9.84. The van der Waals surface area contributed by atoms with Gasteiger partial charge in [-0.3, -0.25) is 9.59 Å². The van der Waals surface area contributed by atoms with E-state index in [1.807, 2.05) is 32.9 Å². The van der Waals surface area contributed by atoms with Crippen molar-refractivity contribution in [2.45, 2.75) is 52.1 Å². The van der Waals surface area contributed by atoms with Gasteiger partial charge in [-0.1, -0.05) is 59.1 Å². The Balaban J connectivity index is 2.12. The third-order valence-electron chi connectivity index (χ3n) is 4.53. The molecule has 0 fully saturated rings. The minimum Gasteiger partial charge on any atom is -0.352 e. The molecule has 2 aromatic carbocycles. The van der Waals surface area contributed by atoms with Gasteiger partial charge in [0.25, 0.3) is 0 Å². The molecule has 0 aliphatic carbocycles. The van der Waals surface area contributed by atoms with E-state index in [9.17, 15) is 9.59 Å². The summed E-state index contributed by atoms with van der Waals surface area (Å²) in [5.74, 6) is 0.714. The molecular formula is C23H28Cl2N2O2S. The van der Waals surface area contributed by atoms with Crippen LogP contribution in [-0.4, -0.2) is 34.6 Å². The van der Waals surface area contributed by atoms with Crippen molar-refractivity contribution in [3.05, 3.63) is 69.2 Å². The van der Waals surface area contributed by atoms with Crippen LogP contribution in [0.3, 0.4) is 0 Å². The summed E-state index contributed by atoms with van der Waals surface area (Å²) in [6, 6.07) is 12.8. The zero-order chi connectivity index (χ0) is 22.3. The van der Waals surface area contributed by atoms with Crippen molar-refractivity contribution in [2.75, 3.05) is 5.75 Å². The van der Waals surface area contributed by atoms with Crippen LogP contribution in [0.2, 0.25) is 10.0 Å². The largest absolute Gasteiger partial charge is 0.352 e. The van der Waals surface area contributed by atoms with Crippen molar-refractivity contribution in [3.8, 4) is 0 Å². The van der Waals surface area contributed by atoms with Gasteiger partial charge < -0.3 is 10.2 Å². The number of carbonyl (C=O) groups excluding carboxylic acids is 2. The fourth-order valence-electron chi connectivity index (χ4n) is 2.96. The van der Waals surface area contributed by atoms with E-state index in [-0.39, 0.29) is 30.2 Å². The van der Waals surface area contributed by atoms with E-state index in [0.29, 0.717) is 10.0 Å². The van der Waals surface area contributed by atoms with Gasteiger partial charge in [-0.25, -0.2) is 0 Å². The monoisotopic (exact) mass is 466 g/mol. The van der Waals surface area contributed by atoms with Crippen LogP contribution < -0.4 is 5.32 Å². The normalized spacial score (nSPS) is 12.0. The molecule has 4 nitrogen and oxygen atoms in total. The predicted octanol–water partition coefficient (Wildman–Crippen LogP) is 5.48. The van der Waals surface area contributed by atoms with Crippen LogP contribution in [0, 0.1) is 6.92 Å². The van der Waals surface area contributed by atoms with Crippen LogP contribution in [0.1, 0.15) is 37.5 Å². The zero-order valence-corrected chi connectivity index (χ0v) is 20.1. The molecule has 2 rings (SSSR count). The minimum atomic E-state index is -0.619. The standard InChI is InChI=1S/C23H28Cl2N2O2S/c1-15(2)26-23(29)17(4)27(12-19-8-9-20(24)11-21(19)25)22(28)14-30-13-18-7-5-6-16(3)10-18/h5-11,15,17H,12-14H2,1-4H3,(H,26,29). The first kappa shape index (κ1) is 24.6. The lowest BCUT2D eigenvalue weighted by molar-refractivity contribution is -0.138. The van der Waals surface area contributed by atoms with E-state index in [0.717, 1.165) is 11.3 Å². The highest BCUT2D eigenvalue weighted by atomic mass is 35.5. The number of nitrogens with one attached hydrogen (secondary N) is 1. The Morgan fingerprint density at radius 1 is 1.10 bits per heavy atom. The van der Waals surface area contributed by atoms with Gasteiger partial charge in [0.1, 0.15) is 6.04 Å². The van der Waals surface area contributed by atoms with Gasteiger partial charge >= 0.3 is 0 Å². The fourth-order valence-corrected chi connectivity index (χ4v) is 4.29. The van der Waals surface area contributed by atoms with Crippen molar-refractivity contribution >= 4 is 46.8 Å². The second-order valence-corrected chi connectivity index (χ2v) is 9.41. The maximum atomic E-state index is 13.1. The Bertz CT molecular complexity index is 889. The molecule has 0 radical (unpaired) electrons. The summed E-state index contributed by atoms with van der Waals surface area (Å²) in [6.07, 6.45) is 0. The Morgan fingerprint density at radius 2 is 1.83 bits per heavy atom. The molecule has 1 atom stereocenters. The Labute approximate surface area is 193 Å². The number of benzene rings is 2. The molecule has 2 aromatic rings. The number of nitrogens with zero attached hydrogens (tertiary/aromatic N) is 1. The SMILES string of the molecule is Cc1cccc(CSCC(=O)N(Cc2ccc(Cl)cc2Cl)C(C)C(=O)NC(C)C)c1. The van der Waals surface area contributed by atoms with Gasteiger partial charge in [-0.15, -0.1) is 11.8 Å². The summed E-state index contributed by atoms with van der Waals surface area (Å²) in [5.41, 5.74) is 3.12. The lowest BCUT2D eigenvalue weighted by atomic mass is 10.1. The smallest absolute Gasteiger partial charge is 0.242 e. The average Bonchev–Trinajstić information content (AvgIpc) is 2.66. The molecule has 1 N–H and O–H groups in total. The number of aryl methyl sites for hydroxylation is 1. The quantitative estimate of drug-likeness (QED) is 0.532. The van der Waals surface area contributed by atoms with Gasteiger partial charge in [0.05, 0.1) is 5.75 Å². The average molecular weight is 467 g/mol. The molecule has 162 valence electrons. The van der Waals surface area contributed by atoms with E-state index >= 15 is 0 Å². The molecule has 0 aliphatic rings. The summed E-state index contributed by atoms with van der Waals surface area (Å²) in [4.78, 5) is 27.2. The van der Waals surface area contributed by atoms with E-state index in [1.54, 1.807) is 30.0 Å². The van der Waals surface area contributed by atoms with Crippen LogP contribution in [-0.2, 0) is 21.9 Å². The van der Waals surface area contributed by atoms with Crippen LogP contribution >= 0.6 is 35.0 Å². The number of thioether (sulfide) groups is 1. The van der Waals surface area contributed by atoms with Gasteiger partial charge in [-0.05, 0) is 51.0 Å². The van der Waals surface area contributed by atoms with Crippen LogP contribution in [0.25, 0.3) is 0 Å². The number of halogens is 2. The molecule has 0 saturated carbocycles. The summed E-state index contributed by atoms with van der Waals surface area (Å²) in [6.45, 7) is 7.82. The van der Waals surface area contributed by atoms with E-state index in [1.165, 1.54) is 22.9 Å². The highest BCUT2D eigenvalue weighted by molar-refractivity contribution is 7.99. The number of amides is 2. The Kier molecular flexibility index (Phi) is 9.53. The highest BCUT2D eigenvalue weighted by Gasteiger charge is 2.27. The minimum absolute atomic E-state index is 0.00767. The van der Waals surface area contributed by atoms with E-state index < -0.39 is 6.04 Å². The van der Waals surface area contributed by atoms with Crippen molar-refractivity contribution < 1.29 is 9.59 Å². The molecule has 7 heteroatoms. The number of hydrogen-bond acceptors (Lipinski definition) is 3. The van der Waals surface area contributed by atoms with Gasteiger partial charge in [-0.2, -0.15) is 0 Å². The molecule has 0 aromatic heterocycles. The second kappa shape index (κ2) is 11.6. The molecule has 0 heterocycles. The second-order valence-electron chi connectivity index (χ2n) is 7.58. The number of rotatable bonds is 9. The van der Waals surface area contributed by atoms with Crippen molar-refractivity contribution in [1.29, 1.82) is 0 Å².